The molecule has 0 bridgehead atoms. The number of carbonyl (C=O) groups is 3. The third kappa shape index (κ3) is 27.0. The van der Waals surface area contributed by atoms with Crippen LogP contribution in [0, 0.1) is 0 Å². The summed E-state index contributed by atoms with van der Waals surface area (Å²) < 4.78 is 38.3. The number of nitrogens with one attached hydrogen (secondary N) is 1. The summed E-state index contributed by atoms with van der Waals surface area (Å²) in [5.74, 6) is -0.427. The molecule has 1 amide bonds. The molecule has 3 saturated heterocycles. The van der Waals surface area contributed by atoms with Crippen LogP contribution < -0.4 is 22.4 Å². The Morgan fingerprint density at radius 3 is 1.09 bits per heavy atom. The maximum absolute atomic E-state index is 13.8. The van der Waals surface area contributed by atoms with Crippen molar-refractivity contribution in [3.05, 3.63) is 31.5 Å². The number of unbranched alkanes of at least 4 members (excludes halogenated alkanes) is 14. The van der Waals surface area contributed by atoms with Crippen LogP contribution in [0.5, 0.6) is 0 Å². The molecule has 3 aliphatic rings. The molecule has 9 atom stereocenters. The molecule has 1 N–H and O–H groups in total. The first kappa shape index (κ1) is 63.9. The van der Waals surface area contributed by atoms with Gasteiger partial charge in [0.1, 0.15) is 18.3 Å². The minimum absolute atomic E-state index is 0.180. The van der Waals surface area contributed by atoms with Crippen molar-refractivity contribution in [1.29, 1.82) is 0 Å². The molecule has 4 heterocycles. The highest BCUT2D eigenvalue weighted by Crippen LogP contribution is 2.20. The van der Waals surface area contributed by atoms with Crippen molar-refractivity contribution in [2.45, 2.75) is 239 Å². The SMILES string of the molecule is CCCCOCC(CN1CC1C)OC(=O)CCCCCCCn1c(=O)n(CCCCCCCC(=O)OC(COCCCC)CN2CC2C)c(=O)n(CCCCCCNC(=O)OC(COCCCC)CN2CC2C)c1=O. The molecule has 0 aliphatic carbocycles. The Bertz CT molecular complexity index is 1700. The summed E-state index contributed by atoms with van der Waals surface area (Å²) in [6.45, 7) is 22.0. The Labute approximate surface area is 449 Å². The summed E-state index contributed by atoms with van der Waals surface area (Å²) in [5, 5.41) is 2.86. The van der Waals surface area contributed by atoms with Gasteiger partial charge in [-0.05, 0) is 78.6 Å². The van der Waals surface area contributed by atoms with E-state index in [1.807, 2.05) is 0 Å². The van der Waals surface area contributed by atoms with Gasteiger partial charge in [-0.15, -0.1) is 0 Å². The molecule has 19 nitrogen and oxygen atoms in total. The average molecular weight is 1060 g/mol. The van der Waals surface area contributed by atoms with Gasteiger partial charge in [-0.1, -0.05) is 91.4 Å². The number of carbonyl (C=O) groups excluding carboxylic acids is 3. The molecule has 75 heavy (non-hydrogen) atoms. The quantitative estimate of drug-likeness (QED) is 0.0307. The van der Waals surface area contributed by atoms with Crippen LogP contribution >= 0.6 is 0 Å². The van der Waals surface area contributed by atoms with Crippen molar-refractivity contribution in [2.75, 3.05) is 85.5 Å². The molecule has 0 spiro atoms. The standard InChI is InChI=1S/C56H101N7O12/c1-7-10-33-70-42-48(39-58-36-45(58)4)73-51(64)27-21-15-13-18-24-30-61-54(67)62(31-25-19-14-16-22-28-52(65)74-49(40-59-37-46(59)5)43-71-34-11-8-2)56(69)63(55(61)68)32-26-20-17-23-29-57-53(66)75-50(41-60-38-47(60)6)44-72-35-12-9-3/h45-50H,7-44H2,1-6H3,(H,57,66). The number of hydrogen-bond donors (Lipinski definition) is 1. The monoisotopic (exact) mass is 1060 g/mol. The summed E-state index contributed by atoms with van der Waals surface area (Å²) in [7, 11) is 0. The molecular formula is C56H101N7O12. The van der Waals surface area contributed by atoms with E-state index in [4.69, 9.17) is 28.4 Å². The molecule has 9 unspecified atom stereocenters. The van der Waals surface area contributed by atoms with Crippen LogP contribution in [-0.2, 0) is 57.6 Å². The number of ether oxygens (including phenoxy) is 6. The number of hydrogen-bond acceptors (Lipinski definition) is 15. The lowest BCUT2D eigenvalue weighted by Crippen LogP contribution is -2.54. The second-order valence-corrected chi connectivity index (χ2v) is 21.6. The van der Waals surface area contributed by atoms with Crippen LogP contribution in [0.2, 0.25) is 0 Å². The fourth-order valence-electron chi connectivity index (χ4n) is 9.20. The van der Waals surface area contributed by atoms with E-state index < -0.39 is 23.2 Å². The summed E-state index contributed by atoms with van der Waals surface area (Å²) in [6, 6.07) is 1.52. The normalized spacial score (nSPS) is 20.8. The summed E-state index contributed by atoms with van der Waals surface area (Å²) >= 11 is 0. The minimum Gasteiger partial charge on any atom is -0.459 e. The topological polar surface area (TPSA) is 194 Å². The lowest BCUT2D eigenvalue weighted by atomic mass is 10.1. The van der Waals surface area contributed by atoms with E-state index in [1.54, 1.807) is 0 Å². The molecule has 19 heteroatoms. The van der Waals surface area contributed by atoms with Gasteiger partial charge >= 0.3 is 35.1 Å². The first-order chi connectivity index (χ1) is 36.3. The molecule has 0 radical (unpaired) electrons. The maximum atomic E-state index is 13.8. The van der Waals surface area contributed by atoms with Gasteiger partial charge in [-0.2, -0.15) is 0 Å². The van der Waals surface area contributed by atoms with Crippen molar-refractivity contribution < 1.29 is 42.8 Å². The van der Waals surface area contributed by atoms with Crippen LogP contribution in [-0.4, -0.2) is 168 Å². The van der Waals surface area contributed by atoms with Gasteiger partial charge in [0.2, 0.25) is 0 Å². The van der Waals surface area contributed by atoms with Gasteiger partial charge in [0, 0.05) is 116 Å². The Hall–Kier alpha value is -3.62. The van der Waals surface area contributed by atoms with Crippen LogP contribution in [0.3, 0.4) is 0 Å². The molecule has 0 aromatic carbocycles. The van der Waals surface area contributed by atoms with E-state index in [0.29, 0.717) is 135 Å². The highest BCUT2D eigenvalue weighted by Gasteiger charge is 2.34. The highest BCUT2D eigenvalue weighted by atomic mass is 16.6. The first-order valence-electron chi connectivity index (χ1n) is 29.6. The van der Waals surface area contributed by atoms with Gasteiger partial charge in [0.05, 0.1) is 19.8 Å². The Balaban J connectivity index is 1.23. The zero-order valence-electron chi connectivity index (χ0n) is 47.4. The second kappa shape index (κ2) is 37.2. The predicted octanol–water partition coefficient (Wildman–Crippen LogP) is 6.89. The summed E-state index contributed by atoms with van der Waals surface area (Å²) in [4.78, 5) is 86.5. The Morgan fingerprint density at radius 2 is 0.760 bits per heavy atom. The number of alkyl carbamates (subject to hydrolysis) is 1. The summed E-state index contributed by atoms with van der Waals surface area (Å²) in [6.07, 6.45) is 15.4. The van der Waals surface area contributed by atoms with E-state index >= 15 is 0 Å². The highest BCUT2D eigenvalue weighted by molar-refractivity contribution is 5.70. The smallest absolute Gasteiger partial charge is 0.407 e. The molecular weight excluding hydrogens is 963 g/mol. The number of esters is 2. The maximum Gasteiger partial charge on any atom is 0.407 e. The zero-order chi connectivity index (χ0) is 54.2. The van der Waals surface area contributed by atoms with E-state index in [0.717, 1.165) is 110 Å². The molecule has 432 valence electrons. The van der Waals surface area contributed by atoms with E-state index in [1.165, 1.54) is 13.7 Å². The number of nitrogens with zero attached hydrogens (tertiary/aromatic N) is 6. The van der Waals surface area contributed by atoms with Crippen LogP contribution in [0.1, 0.15) is 183 Å². The molecule has 4 rings (SSSR count). The second-order valence-electron chi connectivity index (χ2n) is 21.6. The first-order valence-corrected chi connectivity index (χ1v) is 29.6. The van der Waals surface area contributed by atoms with Crippen LogP contribution in [0.25, 0.3) is 0 Å². The van der Waals surface area contributed by atoms with Crippen molar-refractivity contribution in [3.63, 3.8) is 0 Å². The van der Waals surface area contributed by atoms with Gasteiger partial charge in [0.15, 0.2) is 0 Å². The molecule has 0 saturated carbocycles. The average Bonchev–Trinajstić information content (AvgIpc) is 4.35. The lowest BCUT2D eigenvalue weighted by molar-refractivity contribution is -0.153. The number of amides is 1. The van der Waals surface area contributed by atoms with Gasteiger partial charge in [-0.25, -0.2) is 32.9 Å². The minimum atomic E-state index is -0.589. The summed E-state index contributed by atoms with van der Waals surface area (Å²) in [5.41, 5.74) is -1.76. The Morgan fingerprint density at radius 1 is 0.453 bits per heavy atom. The number of aromatic nitrogens is 3. The largest absolute Gasteiger partial charge is 0.459 e. The van der Waals surface area contributed by atoms with Crippen LogP contribution in [0.4, 0.5) is 4.79 Å². The van der Waals surface area contributed by atoms with E-state index in [9.17, 15) is 28.8 Å². The molecule has 1 aromatic heterocycles. The van der Waals surface area contributed by atoms with Gasteiger partial charge < -0.3 is 33.7 Å². The third-order valence-electron chi connectivity index (χ3n) is 14.5. The lowest BCUT2D eigenvalue weighted by Gasteiger charge is -2.19. The fraction of sp³-hybridized carbons (Fsp3) is 0.893. The van der Waals surface area contributed by atoms with E-state index in [2.05, 4.69) is 61.6 Å². The van der Waals surface area contributed by atoms with Crippen molar-refractivity contribution in [1.82, 2.24) is 33.7 Å². The van der Waals surface area contributed by atoms with Crippen molar-refractivity contribution in [3.8, 4) is 0 Å². The number of rotatable bonds is 47. The van der Waals surface area contributed by atoms with Gasteiger partial charge in [0.25, 0.3) is 0 Å². The third-order valence-corrected chi connectivity index (χ3v) is 14.5. The Kier molecular flexibility index (Phi) is 31.7. The fourth-order valence-corrected chi connectivity index (χ4v) is 9.20. The van der Waals surface area contributed by atoms with Crippen molar-refractivity contribution >= 4 is 18.0 Å². The predicted molar refractivity (Wildman–Crippen MR) is 291 cm³/mol. The van der Waals surface area contributed by atoms with Gasteiger partial charge in [-0.3, -0.25) is 24.3 Å². The molecule has 1 aromatic rings. The molecule has 3 fully saturated rings. The zero-order valence-corrected chi connectivity index (χ0v) is 47.4. The van der Waals surface area contributed by atoms with Crippen LogP contribution in [0.15, 0.2) is 14.4 Å². The molecule has 3 aliphatic heterocycles. The van der Waals surface area contributed by atoms with E-state index in [-0.39, 0.29) is 49.9 Å². The van der Waals surface area contributed by atoms with Crippen molar-refractivity contribution in [2.24, 2.45) is 0 Å².